The minimum atomic E-state index is -0.675. The topological polar surface area (TPSA) is 78.9 Å². The highest BCUT2D eigenvalue weighted by molar-refractivity contribution is 5.93. The second-order valence-electron chi connectivity index (χ2n) is 8.12. The minimum Gasteiger partial charge on any atom is -0.324 e. The van der Waals surface area contributed by atoms with Crippen LogP contribution in [0.2, 0.25) is 0 Å². The van der Waals surface area contributed by atoms with Gasteiger partial charge in [-0.05, 0) is 62.5 Å². The Hall–Kier alpha value is -2.70. The van der Waals surface area contributed by atoms with Gasteiger partial charge < -0.3 is 5.32 Å². The zero-order chi connectivity index (χ0) is 24.6. The lowest BCUT2D eigenvalue weighted by molar-refractivity contribution is -0.182. The second-order valence-corrected chi connectivity index (χ2v) is 8.12. The van der Waals surface area contributed by atoms with Gasteiger partial charge in [-0.3, -0.25) is 14.6 Å². The van der Waals surface area contributed by atoms with Gasteiger partial charge in [-0.2, -0.15) is 5.26 Å². The van der Waals surface area contributed by atoms with Crippen molar-refractivity contribution in [2.24, 2.45) is 0 Å². The zero-order valence-electron chi connectivity index (χ0n) is 20.8. The maximum Gasteiger partial charge on any atom is 0.373 e. The Kier molecular flexibility index (Phi) is 13.7. The van der Waals surface area contributed by atoms with Gasteiger partial charge in [0.15, 0.2) is 0 Å². The van der Waals surface area contributed by atoms with Gasteiger partial charge in [0.2, 0.25) is 5.91 Å². The molecule has 2 rings (SSSR count). The van der Waals surface area contributed by atoms with Crippen LogP contribution in [-0.2, 0) is 16.1 Å². The summed E-state index contributed by atoms with van der Waals surface area (Å²) in [4.78, 5) is 29.0. The Bertz CT molecular complexity index is 843. The average molecular weight is 457 g/mol. The van der Waals surface area contributed by atoms with Gasteiger partial charge in [-0.1, -0.05) is 76.4 Å². The van der Waals surface area contributed by atoms with Crippen molar-refractivity contribution in [3.05, 3.63) is 64.7 Å². The lowest BCUT2D eigenvalue weighted by Gasteiger charge is -2.18. The molecule has 0 aliphatic heterocycles. The number of para-hydroxylation sites is 1. The summed E-state index contributed by atoms with van der Waals surface area (Å²) in [6.45, 7) is 12.6. The Morgan fingerprint density at radius 1 is 0.909 bits per heavy atom. The van der Waals surface area contributed by atoms with E-state index in [1.165, 1.54) is 19.3 Å². The summed E-state index contributed by atoms with van der Waals surface area (Å²) in [5.41, 5.74) is 4.57. The lowest BCUT2D eigenvalue weighted by Crippen LogP contribution is -2.33. The third-order valence-electron chi connectivity index (χ3n) is 5.63. The summed E-state index contributed by atoms with van der Waals surface area (Å²) in [7, 11) is 0. The minimum absolute atomic E-state index is 0.0612. The SMILES string of the molecule is CCCCCCc1ccccc1C(=O)OO.CCN(CC)CC(=O)Nc1c(C)cccc1C. The summed E-state index contributed by atoms with van der Waals surface area (Å²) in [5.74, 6) is -0.614. The molecule has 0 unspecified atom stereocenters. The highest BCUT2D eigenvalue weighted by atomic mass is 17.1. The van der Waals surface area contributed by atoms with E-state index in [-0.39, 0.29) is 5.91 Å². The van der Waals surface area contributed by atoms with Crippen LogP contribution in [0.5, 0.6) is 0 Å². The van der Waals surface area contributed by atoms with Crippen molar-refractivity contribution in [3.8, 4) is 0 Å². The molecule has 0 heterocycles. The van der Waals surface area contributed by atoms with Gasteiger partial charge in [-0.15, -0.1) is 0 Å². The van der Waals surface area contributed by atoms with Crippen LogP contribution in [0.3, 0.4) is 0 Å². The molecule has 33 heavy (non-hydrogen) atoms. The van der Waals surface area contributed by atoms with Crippen LogP contribution < -0.4 is 5.32 Å². The summed E-state index contributed by atoms with van der Waals surface area (Å²) in [5, 5.41) is 11.4. The summed E-state index contributed by atoms with van der Waals surface area (Å²) in [6, 6.07) is 13.3. The van der Waals surface area contributed by atoms with Crippen LogP contribution in [-0.4, -0.2) is 41.7 Å². The van der Waals surface area contributed by atoms with E-state index in [0.29, 0.717) is 12.1 Å². The van der Waals surface area contributed by atoms with Gasteiger partial charge in [0.05, 0.1) is 12.1 Å². The van der Waals surface area contributed by atoms with Crippen molar-refractivity contribution in [2.75, 3.05) is 25.0 Å². The number of rotatable bonds is 11. The van der Waals surface area contributed by atoms with Crippen LogP contribution in [0, 0.1) is 13.8 Å². The highest BCUT2D eigenvalue weighted by Gasteiger charge is 2.12. The van der Waals surface area contributed by atoms with E-state index in [2.05, 4.69) is 35.9 Å². The lowest BCUT2D eigenvalue weighted by atomic mass is 10.0. The molecule has 1 amide bonds. The molecule has 0 aliphatic carbocycles. The van der Waals surface area contributed by atoms with Gasteiger partial charge >= 0.3 is 5.97 Å². The van der Waals surface area contributed by atoms with Gasteiger partial charge in [0, 0.05) is 5.69 Å². The Morgan fingerprint density at radius 2 is 1.55 bits per heavy atom. The van der Waals surface area contributed by atoms with Crippen molar-refractivity contribution in [3.63, 3.8) is 0 Å². The highest BCUT2D eigenvalue weighted by Crippen LogP contribution is 2.19. The maximum atomic E-state index is 11.9. The van der Waals surface area contributed by atoms with Crippen LogP contribution >= 0.6 is 0 Å². The first-order valence-electron chi connectivity index (χ1n) is 11.9. The maximum absolute atomic E-state index is 11.9. The molecule has 2 aromatic rings. The van der Waals surface area contributed by atoms with Crippen LogP contribution in [0.25, 0.3) is 0 Å². The van der Waals surface area contributed by atoms with Crippen molar-refractivity contribution in [1.29, 1.82) is 0 Å². The number of nitrogens with zero attached hydrogens (tertiary/aromatic N) is 1. The standard InChI is InChI=1S/C14H22N2O.C13H18O3/c1-5-16(6-2)10-13(17)15-14-11(3)8-7-9-12(14)4;1-2-3-4-5-8-11-9-6-7-10-12(11)13(14)16-15/h7-9H,5-6,10H2,1-4H3,(H,15,17);6-7,9-10,15H,2-5,8H2,1H3. The molecule has 0 saturated carbocycles. The number of nitrogens with one attached hydrogen (secondary N) is 1. The molecule has 182 valence electrons. The van der Waals surface area contributed by atoms with E-state index in [1.807, 2.05) is 44.2 Å². The van der Waals surface area contributed by atoms with Crippen molar-refractivity contribution >= 4 is 17.6 Å². The molecule has 6 nitrogen and oxygen atoms in total. The molecule has 0 aromatic heterocycles. The van der Waals surface area contributed by atoms with Crippen molar-refractivity contribution in [1.82, 2.24) is 4.90 Å². The molecule has 0 spiro atoms. The molecule has 0 bridgehead atoms. The third-order valence-corrected chi connectivity index (χ3v) is 5.63. The number of carbonyl (C=O) groups is 2. The van der Waals surface area contributed by atoms with Crippen LogP contribution in [0.4, 0.5) is 5.69 Å². The monoisotopic (exact) mass is 456 g/mol. The molecular weight excluding hydrogens is 416 g/mol. The fourth-order valence-electron chi connectivity index (χ4n) is 3.57. The molecule has 6 heteroatoms. The molecule has 0 aliphatic rings. The molecule has 0 fully saturated rings. The first kappa shape index (κ1) is 28.3. The predicted octanol–water partition coefficient (Wildman–Crippen LogP) is 6.02. The number of anilines is 1. The first-order valence-corrected chi connectivity index (χ1v) is 11.9. The molecule has 0 atom stereocenters. The Balaban J connectivity index is 0.000000331. The van der Waals surface area contributed by atoms with Gasteiger partial charge in [0.25, 0.3) is 0 Å². The van der Waals surface area contributed by atoms with Crippen molar-refractivity contribution in [2.45, 2.75) is 66.7 Å². The van der Waals surface area contributed by atoms with Gasteiger partial charge in [0.1, 0.15) is 0 Å². The molecule has 2 N–H and O–H groups in total. The average Bonchev–Trinajstić information content (AvgIpc) is 2.83. The van der Waals surface area contributed by atoms with Crippen LogP contribution in [0.1, 0.15) is 73.5 Å². The second kappa shape index (κ2) is 16.0. The van der Waals surface area contributed by atoms with Crippen LogP contribution in [0.15, 0.2) is 42.5 Å². The Morgan fingerprint density at radius 3 is 2.12 bits per heavy atom. The van der Waals surface area contributed by atoms with E-state index in [0.717, 1.165) is 48.3 Å². The fraction of sp³-hybridized carbons (Fsp3) is 0.481. The van der Waals surface area contributed by atoms with E-state index < -0.39 is 5.97 Å². The molecular formula is C27H40N2O4. The fourth-order valence-corrected chi connectivity index (χ4v) is 3.57. The Labute approximate surface area is 198 Å². The zero-order valence-corrected chi connectivity index (χ0v) is 20.8. The number of unbranched alkanes of at least 4 members (excludes halogenated alkanes) is 3. The smallest absolute Gasteiger partial charge is 0.324 e. The quantitative estimate of drug-likeness (QED) is 0.245. The summed E-state index contributed by atoms with van der Waals surface area (Å²) < 4.78 is 0. The van der Waals surface area contributed by atoms with E-state index in [4.69, 9.17) is 5.26 Å². The normalized spacial score (nSPS) is 10.4. The molecule has 0 radical (unpaired) electrons. The van der Waals surface area contributed by atoms with Crippen molar-refractivity contribution < 1.29 is 19.7 Å². The first-order chi connectivity index (χ1) is 15.9. The van der Waals surface area contributed by atoms with Gasteiger partial charge in [-0.25, -0.2) is 4.79 Å². The number of aryl methyl sites for hydroxylation is 3. The number of hydrogen-bond acceptors (Lipinski definition) is 5. The number of likely N-dealkylation sites (N-methyl/N-ethyl adjacent to an activating group) is 1. The van der Waals surface area contributed by atoms with E-state index in [1.54, 1.807) is 12.1 Å². The molecule has 0 saturated heterocycles. The number of carbonyl (C=O) groups excluding carboxylic acids is 2. The number of benzene rings is 2. The largest absolute Gasteiger partial charge is 0.373 e. The third kappa shape index (κ3) is 10.2. The summed E-state index contributed by atoms with van der Waals surface area (Å²) >= 11 is 0. The van der Waals surface area contributed by atoms with E-state index >= 15 is 0 Å². The summed E-state index contributed by atoms with van der Waals surface area (Å²) in [6.07, 6.45) is 5.49. The van der Waals surface area contributed by atoms with E-state index in [9.17, 15) is 9.59 Å². The molecule has 2 aromatic carbocycles. The number of hydrogen-bond donors (Lipinski definition) is 2. The predicted molar refractivity (Wildman–Crippen MR) is 135 cm³/mol. The number of amides is 1.